The van der Waals surface area contributed by atoms with Gasteiger partial charge < -0.3 is 0 Å². The fraction of sp³-hybridized carbons (Fsp3) is 0.364. The zero-order valence-corrected chi connectivity index (χ0v) is 12.8. The molecule has 0 aliphatic carbocycles. The van der Waals surface area contributed by atoms with Crippen LogP contribution in [0.5, 0.6) is 0 Å². The molecule has 0 fully saturated rings. The molecular weight excluding hydrogens is 302 g/mol. The van der Waals surface area contributed by atoms with Gasteiger partial charge in [-0.15, -0.1) is 0 Å². The topological polar surface area (TPSA) is 89.8 Å². The number of hydrogen-bond donors (Lipinski definition) is 1. The van der Waals surface area contributed by atoms with Gasteiger partial charge in [0.2, 0.25) is 15.3 Å². The van der Waals surface area contributed by atoms with Crippen LogP contribution in [0.15, 0.2) is 17.3 Å². The Hall–Kier alpha value is -1.51. The van der Waals surface area contributed by atoms with Crippen LogP contribution < -0.4 is 4.72 Å². The first-order chi connectivity index (χ1) is 9.31. The molecule has 0 atom stereocenters. The maximum Gasteiger partial charge on any atom is 0.243 e. The molecule has 0 saturated carbocycles. The van der Waals surface area contributed by atoms with E-state index in [0.29, 0.717) is 0 Å². The quantitative estimate of drug-likeness (QED) is 0.849. The summed E-state index contributed by atoms with van der Waals surface area (Å²) in [7, 11) is -1.86. The van der Waals surface area contributed by atoms with Crippen molar-refractivity contribution in [2.45, 2.75) is 25.3 Å². The fourth-order valence-corrected chi connectivity index (χ4v) is 2.74. The van der Waals surface area contributed by atoms with Gasteiger partial charge in [0.15, 0.2) is 0 Å². The number of sulfonamides is 1. The summed E-state index contributed by atoms with van der Waals surface area (Å²) in [5, 5.41) is 4.24. The van der Waals surface area contributed by atoms with Crippen molar-refractivity contribution in [3.63, 3.8) is 0 Å². The van der Waals surface area contributed by atoms with E-state index in [4.69, 9.17) is 11.6 Å². The number of nitrogens with zero attached hydrogens (tertiary/aromatic N) is 4. The molecular formula is C11H14ClN5O2S. The number of hydrogen-bond acceptors (Lipinski definition) is 5. The molecule has 0 aromatic carbocycles. The van der Waals surface area contributed by atoms with Crippen LogP contribution in [-0.4, -0.2) is 28.2 Å². The van der Waals surface area contributed by atoms with Crippen molar-refractivity contribution in [2.24, 2.45) is 7.05 Å². The molecule has 0 unspecified atom stereocenters. The second-order valence-electron chi connectivity index (χ2n) is 4.29. The van der Waals surface area contributed by atoms with E-state index >= 15 is 0 Å². The van der Waals surface area contributed by atoms with E-state index in [1.165, 1.54) is 12.4 Å². The van der Waals surface area contributed by atoms with Gasteiger partial charge in [-0.1, -0.05) is 0 Å². The van der Waals surface area contributed by atoms with E-state index < -0.39 is 10.0 Å². The zero-order chi connectivity index (χ0) is 14.9. The van der Waals surface area contributed by atoms with Gasteiger partial charge in [-0.05, 0) is 25.4 Å². The highest BCUT2D eigenvalue weighted by Crippen LogP contribution is 2.13. The first-order valence-corrected chi connectivity index (χ1v) is 7.63. The number of halogens is 1. The molecule has 7 nitrogen and oxygen atoms in total. The van der Waals surface area contributed by atoms with Gasteiger partial charge in [-0.3, -0.25) is 4.68 Å². The van der Waals surface area contributed by atoms with Gasteiger partial charge in [0.05, 0.1) is 18.1 Å². The maximum atomic E-state index is 12.1. The van der Waals surface area contributed by atoms with Crippen LogP contribution in [0.25, 0.3) is 0 Å². The smallest absolute Gasteiger partial charge is 0.243 e. The highest BCUT2D eigenvalue weighted by molar-refractivity contribution is 7.89. The van der Waals surface area contributed by atoms with Crippen LogP contribution in [0.4, 0.5) is 0 Å². The molecule has 0 bridgehead atoms. The van der Waals surface area contributed by atoms with E-state index in [0.717, 1.165) is 17.0 Å². The minimum Gasteiger partial charge on any atom is -0.272 e. The predicted molar refractivity (Wildman–Crippen MR) is 73.7 cm³/mol. The second kappa shape index (κ2) is 5.47. The third-order valence-electron chi connectivity index (χ3n) is 3.00. The Kier molecular flexibility index (Phi) is 4.07. The van der Waals surface area contributed by atoms with E-state index in [1.807, 2.05) is 20.9 Å². The molecule has 108 valence electrons. The Morgan fingerprint density at radius 3 is 2.40 bits per heavy atom. The van der Waals surface area contributed by atoms with Crippen molar-refractivity contribution in [1.29, 1.82) is 0 Å². The standard InChI is InChI=1S/C11H14ClN5O2S/c1-7-10(8(2)17(3)16-7)6-15-20(18,19)9-4-13-11(12)14-5-9/h4-5,15H,6H2,1-3H3. The molecule has 2 rings (SSSR count). The third kappa shape index (κ3) is 2.97. The lowest BCUT2D eigenvalue weighted by atomic mass is 10.2. The average Bonchev–Trinajstić information content (AvgIpc) is 2.62. The highest BCUT2D eigenvalue weighted by atomic mass is 35.5. The SMILES string of the molecule is Cc1nn(C)c(C)c1CNS(=O)(=O)c1cnc(Cl)nc1. The number of rotatable bonds is 4. The summed E-state index contributed by atoms with van der Waals surface area (Å²) < 4.78 is 28.4. The lowest BCUT2D eigenvalue weighted by Gasteiger charge is -2.06. The zero-order valence-electron chi connectivity index (χ0n) is 11.3. The molecule has 0 radical (unpaired) electrons. The second-order valence-corrected chi connectivity index (χ2v) is 6.39. The number of aromatic nitrogens is 4. The van der Waals surface area contributed by atoms with Crippen LogP contribution >= 0.6 is 11.6 Å². The Balaban J connectivity index is 2.19. The molecule has 20 heavy (non-hydrogen) atoms. The average molecular weight is 316 g/mol. The summed E-state index contributed by atoms with van der Waals surface area (Å²) in [4.78, 5) is 7.29. The molecule has 0 aliphatic rings. The highest BCUT2D eigenvalue weighted by Gasteiger charge is 2.17. The van der Waals surface area contributed by atoms with Gasteiger partial charge in [0.1, 0.15) is 4.90 Å². The van der Waals surface area contributed by atoms with Gasteiger partial charge in [0, 0.05) is 24.8 Å². The Morgan fingerprint density at radius 2 is 1.90 bits per heavy atom. The first-order valence-electron chi connectivity index (χ1n) is 5.77. The summed E-state index contributed by atoms with van der Waals surface area (Å²) in [6, 6.07) is 0. The van der Waals surface area contributed by atoms with Crippen LogP contribution in [0.1, 0.15) is 17.0 Å². The molecule has 2 aromatic rings. The fourth-order valence-electron chi connectivity index (χ4n) is 1.76. The molecule has 0 spiro atoms. The van der Waals surface area contributed by atoms with E-state index in [9.17, 15) is 8.42 Å². The molecule has 1 N–H and O–H groups in total. The Labute approximate surface area is 122 Å². The molecule has 2 heterocycles. The van der Waals surface area contributed by atoms with Crippen LogP contribution in [0.3, 0.4) is 0 Å². The summed E-state index contributed by atoms with van der Waals surface area (Å²) in [5.41, 5.74) is 2.56. The van der Waals surface area contributed by atoms with Crippen molar-refractivity contribution in [3.8, 4) is 0 Å². The minimum atomic E-state index is -3.67. The Morgan fingerprint density at radius 1 is 1.30 bits per heavy atom. The largest absolute Gasteiger partial charge is 0.272 e. The summed E-state index contributed by atoms with van der Waals surface area (Å²) in [6.07, 6.45) is 2.33. The number of aryl methyl sites for hydroxylation is 2. The molecule has 2 aromatic heterocycles. The summed E-state index contributed by atoms with van der Waals surface area (Å²) in [6.45, 7) is 3.88. The van der Waals surface area contributed by atoms with Crippen molar-refractivity contribution < 1.29 is 8.42 Å². The van der Waals surface area contributed by atoms with E-state index in [-0.39, 0.29) is 16.7 Å². The van der Waals surface area contributed by atoms with Gasteiger partial charge in [-0.2, -0.15) is 5.10 Å². The monoisotopic (exact) mass is 315 g/mol. The summed E-state index contributed by atoms with van der Waals surface area (Å²) in [5.74, 6) is 0. The number of nitrogens with one attached hydrogen (secondary N) is 1. The molecule has 9 heteroatoms. The van der Waals surface area contributed by atoms with Crippen molar-refractivity contribution in [3.05, 3.63) is 34.6 Å². The molecule has 0 aliphatic heterocycles. The maximum absolute atomic E-state index is 12.1. The van der Waals surface area contributed by atoms with Crippen LogP contribution in [0, 0.1) is 13.8 Å². The van der Waals surface area contributed by atoms with Crippen molar-refractivity contribution in [1.82, 2.24) is 24.5 Å². The van der Waals surface area contributed by atoms with E-state index in [2.05, 4.69) is 19.8 Å². The van der Waals surface area contributed by atoms with E-state index in [1.54, 1.807) is 4.68 Å². The van der Waals surface area contributed by atoms with Gasteiger partial charge >= 0.3 is 0 Å². The summed E-state index contributed by atoms with van der Waals surface area (Å²) >= 11 is 5.53. The third-order valence-corrected chi connectivity index (χ3v) is 4.56. The predicted octanol–water partition coefficient (Wildman–Crippen LogP) is 0.959. The lowest BCUT2D eigenvalue weighted by Crippen LogP contribution is -2.24. The normalized spacial score (nSPS) is 11.8. The minimum absolute atomic E-state index is 0.00268. The van der Waals surface area contributed by atoms with Gasteiger partial charge in [0.25, 0.3) is 0 Å². The van der Waals surface area contributed by atoms with Crippen molar-refractivity contribution >= 4 is 21.6 Å². The van der Waals surface area contributed by atoms with Gasteiger partial charge in [-0.25, -0.2) is 23.1 Å². The molecule has 0 saturated heterocycles. The van der Waals surface area contributed by atoms with Crippen molar-refractivity contribution in [2.75, 3.05) is 0 Å². The van der Waals surface area contributed by atoms with Crippen LogP contribution in [0.2, 0.25) is 5.28 Å². The lowest BCUT2D eigenvalue weighted by molar-refractivity contribution is 0.580. The molecule has 0 amide bonds. The van der Waals surface area contributed by atoms with Crippen LogP contribution in [-0.2, 0) is 23.6 Å². The first kappa shape index (κ1) is 14.9. The Bertz CT molecular complexity index is 724.